The van der Waals surface area contributed by atoms with Crippen LogP contribution in [0.2, 0.25) is 0 Å². The number of hydrogen-bond donors (Lipinski definition) is 0. The first-order valence-corrected chi connectivity index (χ1v) is 10.6. The van der Waals surface area contributed by atoms with Crippen molar-refractivity contribution in [2.24, 2.45) is 40.9 Å². The standard InChI is InChI=1S/C23H32O4/c1-13-11-20-18(17-6-5-16(26)12-19(13)17)7-9-22(4)21(20)8-10-23(22,14(2)24)27-15(3)25/h5-6,13,17-21H,7-12H2,1-4H3/t13-,17+,18+,19-,20+,21-,22-,23-/m0/s1. The monoisotopic (exact) mass is 372 g/mol. The lowest BCUT2D eigenvalue weighted by atomic mass is 9.48. The fourth-order valence-electron chi connectivity index (χ4n) is 7.64. The van der Waals surface area contributed by atoms with E-state index < -0.39 is 5.60 Å². The highest BCUT2D eigenvalue weighted by molar-refractivity contribution is 5.91. The Morgan fingerprint density at radius 2 is 1.85 bits per heavy atom. The molecule has 0 aromatic heterocycles. The van der Waals surface area contributed by atoms with Gasteiger partial charge in [0, 0.05) is 18.8 Å². The Kier molecular flexibility index (Phi) is 4.40. The Labute approximate surface area is 162 Å². The van der Waals surface area contributed by atoms with Gasteiger partial charge in [0.15, 0.2) is 17.2 Å². The first-order valence-electron chi connectivity index (χ1n) is 10.6. The smallest absolute Gasteiger partial charge is 0.303 e. The van der Waals surface area contributed by atoms with Crippen LogP contribution in [0.3, 0.4) is 0 Å². The van der Waals surface area contributed by atoms with Crippen LogP contribution in [0.4, 0.5) is 0 Å². The Balaban J connectivity index is 1.69. The topological polar surface area (TPSA) is 60.4 Å². The number of fused-ring (bicyclic) bond motifs is 5. The highest BCUT2D eigenvalue weighted by Gasteiger charge is 2.67. The van der Waals surface area contributed by atoms with Gasteiger partial charge in [0.05, 0.1) is 0 Å². The molecule has 4 aliphatic carbocycles. The molecule has 0 aromatic rings. The van der Waals surface area contributed by atoms with Crippen molar-refractivity contribution in [3.05, 3.63) is 12.2 Å². The molecule has 0 bridgehead atoms. The van der Waals surface area contributed by atoms with Crippen LogP contribution in [0, 0.1) is 40.9 Å². The number of rotatable bonds is 2. The van der Waals surface area contributed by atoms with Gasteiger partial charge in [-0.15, -0.1) is 0 Å². The molecule has 0 aliphatic heterocycles. The Morgan fingerprint density at radius 1 is 1.11 bits per heavy atom. The molecule has 0 spiro atoms. The summed E-state index contributed by atoms with van der Waals surface area (Å²) in [7, 11) is 0. The molecule has 0 heterocycles. The summed E-state index contributed by atoms with van der Waals surface area (Å²) in [5.41, 5.74) is -1.22. The van der Waals surface area contributed by atoms with E-state index in [1.807, 2.05) is 0 Å². The molecule has 4 heteroatoms. The fourth-order valence-corrected chi connectivity index (χ4v) is 7.64. The first kappa shape index (κ1) is 18.9. The molecule has 3 fully saturated rings. The molecule has 0 N–H and O–H groups in total. The lowest BCUT2D eigenvalue weighted by Crippen LogP contribution is -2.58. The Hall–Kier alpha value is -1.45. The molecule has 4 nitrogen and oxygen atoms in total. The van der Waals surface area contributed by atoms with Crippen molar-refractivity contribution >= 4 is 17.5 Å². The molecule has 8 atom stereocenters. The summed E-state index contributed by atoms with van der Waals surface area (Å²) >= 11 is 0. The van der Waals surface area contributed by atoms with Crippen molar-refractivity contribution in [1.29, 1.82) is 0 Å². The molecular formula is C23H32O4. The zero-order chi connectivity index (χ0) is 19.6. The van der Waals surface area contributed by atoms with E-state index in [4.69, 9.17) is 4.74 Å². The second-order valence-corrected chi connectivity index (χ2v) is 9.89. The second kappa shape index (κ2) is 6.28. The van der Waals surface area contributed by atoms with E-state index in [1.54, 1.807) is 13.0 Å². The van der Waals surface area contributed by atoms with Crippen molar-refractivity contribution in [3.8, 4) is 0 Å². The Morgan fingerprint density at radius 3 is 2.52 bits per heavy atom. The van der Waals surface area contributed by atoms with Gasteiger partial charge in [-0.2, -0.15) is 0 Å². The summed E-state index contributed by atoms with van der Waals surface area (Å²) in [5.74, 6) is 2.97. The lowest BCUT2D eigenvalue weighted by Gasteiger charge is -2.57. The minimum Gasteiger partial charge on any atom is -0.451 e. The van der Waals surface area contributed by atoms with Crippen LogP contribution in [-0.2, 0) is 19.1 Å². The van der Waals surface area contributed by atoms with Gasteiger partial charge in [0.25, 0.3) is 0 Å². The number of Topliss-reactive ketones (excluding diaryl/α,β-unsaturated/α-hetero) is 1. The third-order valence-electron chi connectivity index (χ3n) is 8.80. The number of esters is 1. The van der Waals surface area contributed by atoms with Crippen molar-refractivity contribution in [2.75, 3.05) is 0 Å². The molecule has 0 unspecified atom stereocenters. The fraction of sp³-hybridized carbons (Fsp3) is 0.783. The van der Waals surface area contributed by atoms with E-state index in [0.29, 0.717) is 48.3 Å². The van der Waals surface area contributed by atoms with Gasteiger partial charge in [-0.1, -0.05) is 19.9 Å². The van der Waals surface area contributed by atoms with Crippen LogP contribution < -0.4 is 0 Å². The van der Waals surface area contributed by atoms with Crippen LogP contribution >= 0.6 is 0 Å². The maximum atomic E-state index is 12.7. The maximum absolute atomic E-state index is 12.7. The van der Waals surface area contributed by atoms with Crippen molar-refractivity contribution in [2.45, 2.75) is 71.8 Å². The van der Waals surface area contributed by atoms with Crippen LogP contribution in [-0.4, -0.2) is 23.1 Å². The lowest BCUT2D eigenvalue weighted by molar-refractivity contribution is -0.187. The van der Waals surface area contributed by atoms with Gasteiger partial charge < -0.3 is 4.74 Å². The molecule has 27 heavy (non-hydrogen) atoms. The van der Waals surface area contributed by atoms with Crippen LogP contribution in [0.15, 0.2) is 12.2 Å². The van der Waals surface area contributed by atoms with Gasteiger partial charge in [0.2, 0.25) is 0 Å². The minimum atomic E-state index is -0.951. The molecule has 0 radical (unpaired) electrons. The van der Waals surface area contributed by atoms with Crippen molar-refractivity contribution in [3.63, 3.8) is 0 Å². The van der Waals surface area contributed by atoms with E-state index in [1.165, 1.54) is 6.92 Å². The van der Waals surface area contributed by atoms with Crippen molar-refractivity contribution in [1.82, 2.24) is 0 Å². The number of hydrogen-bond acceptors (Lipinski definition) is 4. The molecule has 0 amide bonds. The van der Waals surface area contributed by atoms with Gasteiger partial charge >= 0.3 is 5.97 Å². The van der Waals surface area contributed by atoms with Gasteiger partial charge in [-0.25, -0.2) is 0 Å². The summed E-state index contributed by atoms with van der Waals surface area (Å²) in [6, 6.07) is 0. The van der Waals surface area contributed by atoms with E-state index in [0.717, 1.165) is 25.7 Å². The molecule has 148 valence electrons. The summed E-state index contributed by atoms with van der Waals surface area (Å²) in [4.78, 5) is 36.5. The highest BCUT2D eigenvalue weighted by Crippen LogP contribution is 2.66. The SMILES string of the molecule is CC(=O)O[C@]1(C(C)=O)CC[C@H]2[C@@H]3C[C@H](C)[C@@H]4CC(=O)C=C[C@@H]4[C@H]3CC[C@@]21C. The summed E-state index contributed by atoms with van der Waals surface area (Å²) in [5, 5.41) is 0. The van der Waals surface area contributed by atoms with E-state index in [9.17, 15) is 14.4 Å². The largest absolute Gasteiger partial charge is 0.451 e. The molecule has 3 saturated carbocycles. The maximum Gasteiger partial charge on any atom is 0.303 e. The molecule has 0 aromatic carbocycles. The van der Waals surface area contributed by atoms with Gasteiger partial charge in [0.1, 0.15) is 0 Å². The zero-order valence-corrected chi connectivity index (χ0v) is 17.0. The number of carbonyl (C=O) groups is 3. The predicted octanol–water partition coefficient (Wildman–Crippen LogP) is 4.12. The predicted molar refractivity (Wildman–Crippen MR) is 102 cm³/mol. The van der Waals surface area contributed by atoms with Crippen molar-refractivity contribution < 1.29 is 19.1 Å². The molecule has 0 saturated heterocycles. The average molecular weight is 373 g/mol. The Bertz CT molecular complexity index is 709. The minimum absolute atomic E-state index is 0.00560. The quantitative estimate of drug-likeness (QED) is 0.684. The first-order chi connectivity index (χ1) is 12.7. The van der Waals surface area contributed by atoms with Gasteiger partial charge in [-0.3, -0.25) is 14.4 Å². The van der Waals surface area contributed by atoms with Crippen LogP contribution in [0.25, 0.3) is 0 Å². The zero-order valence-electron chi connectivity index (χ0n) is 17.0. The average Bonchev–Trinajstić information content (AvgIpc) is 2.89. The molecular weight excluding hydrogens is 340 g/mol. The third kappa shape index (κ3) is 2.58. The number of carbonyl (C=O) groups excluding carboxylic acids is 3. The normalized spacial score (nSPS) is 48.4. The van der Waals surface area contributed by atoms with Crippen LogP contribution in [0.1, 0.15) is 66.2 Å². The number of ether oxygens (including phenoxy) is 1. The summed E-state index contributed by atoms with van der Waals surface area (Å²) in [6.45, 7) is 7.51. The van der Waals surface area contributed by atoms with E-state index in [2.05, 4.69) is 19.9 Å². The van der Waals surface area contributed by atoms with E-state index in [-0.39, 0.29) is 23.0 Å². The molecule has 4 aliphatic rings. The van der Waals surface area contributed by atoms with Crippen LogP contribution in [0.5, 0.6) is 0 Å². The highest BCUT2D eigenvalue weighted by atomic mass is 16.6. The number of ketones is 2. The number of allylic oxidation sites excluding steroid dienone is 2. The summed E-state index contributed by atoms with van der Waals surface area (Å²) in [6.07, 6.45) is 9.40. The second-order valence-electron chi connectivity index (χ2n) is 9.89. The van der Waals surface area contributed by atoms with E-state index >= 15 is 0 Å². The summed E-state index contributed by atoms with van der Waals surface area (Å²) < 4.78 is 5.81. The third-order valence-corrected chi connectivity index (χ3v) is 8.80. The van der Waals surface area contributed by atoms with Gasteiger partial charge in [-0.05, 0) is 80.6 Å². The molecule has 4 rings (SSSR count).